The summed E-state index contributed by atoms with van der Waals surface area (Å²) in [4.78, 5) is 17.8. The first kappa shape index (κ1) is 21.0. The number of carbonyl (C=O) groups is 1. The molecule has 1 heterocycles. The molecule has 1 aromatic heterocycles. The van der Waals surface area contributed by atoms with Gasteiger partial charge >= 0.3 is 0 Å². The van der Waals surface area contributed by atoms with Crippen LogP contribution in [-0.4, -0.2) is 37.7 Å². The van der Waals surface area contributed by atoms with Crippen molar-refractivity contribution < 1.29 is 13.2 Å². The Kier molecular flexibility index (Phi) is 6.68. The largest absolute Gasteiger partial charge is 0.322 e. The van der Waals surface area contributed by atoms with Gasteiger partial charge in [0, 0.05) is 48.4 Å². The van der Waals surface area contributed by atoms with Crippen LogP contribution in [-0.2, 0) is 15.8 Å². The second kappa shape index (κ2) is 9.21. The Balaban J connectivity index is 1.60. The van der Waals surface area contributed by atoms with E-state index in [1.54, 1.807) is 18.0 Å². The van der Waals surface area contributed by atoms with Gasteiger partial charge in [-0.2, -0.15) is 0 Å². The molecule has 0 bridgehead atoms. The first-order valence-corrected chi connectivity index (χ1v) is 11.2. The van der Waals surface area contributed by atoms with E-state index in [0.29, 0.717) is 11.3 Å². The summed E-state index contributed by atoms with van der Waals surface area (Å²) in [6.07, 6.45) is 3.59. The average molecular weight is 428 g/mol. The number of aromatic nitrogens is 1. The molecule has 150 valence electrons. The van der Waals surface area contributed by atoms with Crippen molar-refractivity contribution in [3.63, 3.8) is 0 Å². The fraction of sp³-hybridized carbons (Fsp3) is 0.143. The summed E-state index contributed by atoms with van der Waals surface area (Å²) >= 11 is 1.69. The van der Waals surface area contributed by atoms with E-state index in [2.05, 4.69) is 10.3 Å². The Labute approximate surface area is 175 Å². The van der Waals surface area contributed by atoms with Gasteiger partial charge in [-0.15, -0.1) is 11.8 Å². The summed E-state index contributed by atoms with van der Waals surface area (Å²) in [5.41, 5.74) is 2.21. The number of rotatable bonds is 7. The Morgan fingerprint density at radius 1 is 1.03 bits per heavy atom. The number of carbonyl (C=O) groups excluding carboxylic acids is 1. The predicted octanol–water partition coefficient (Wildman–Crippen LogP) is 3.88. The van der Waals surface area contributed by atoms with Crippen LogP contribution in [0.5, 0.6) is 0 Å². The van der Waals surface area contributed by atoms with Gasteiger partial charge < -0.3 is 5.32 Å². The maximum absolute atomic E-state index is 12.4. The van der Waals surface area contributed by atoms with Crippen molar-refractivity contribution in [2.24, 2.45) is 0 Å². The molecule has 3 rings (SSSR count). The summed E-state index contributed by atoms with van der Waals surface area (Å²) in [5.74, 6) is 0.524. The zero-order valence-electron chi connectivity index (χ0n) is 16.1. The van der Waals surface area contributed by atoms with Gasteiger partial charge in [0.1, 0.15) is 0 Å². The third kappa shape index (κ3) is 5.44. The fourth-order valence-corrected chi connectivity index (χ4v) is 4.21. The van der Waals surface area contributed by atoms with Crippen LogP contribution in [0, 0.1) is 0 Å². The van der Waals surface area contributed by atoms with E-state index in [9.17, 15) is 13.2 Å². The molecule has 1 N–H and O–H groups in total. The van der Waals surface area contributed by atoms with E-state index in [-0.39, 0.29) is 10.8 Å². The van der Waals surface area contributed by atoms with E-state index in [0.717, 1.165) is 20.5 Å². The van der Waals surface area contributed by atoms with Crippen molar-refractivity contribution in [3.05, 3.63) is 84.2 Å². The van der Waals surface area contributed by atoms with E-state index >= 15 is 0 Å². The summed E-state index contributed by atoms with van der Waals surface area (Å²) in [7, 11) is -0.579. The molecule has 0 spiro atoms. The molecule has 0 saturated heterocycles. The first-order valence-electron chi connectivity index (χ1n) is 8.82. The van der Waals surface area contributed by atoms with Crippen molar-refractivity contribution >= 4 is 33.4 Å². The highest BCUT2D eigenvalue weighted by atomic mass is 32.2. The van der Waals surface area contributed by atoms with E-state index < -0.39 is 10.0 Å². The summed E-state index contributed by atoms with van der Waals surface area (Å²) < 4.78 is 25.3. The van der Waals surface area contributed by atoms with Crippen LogP contribution < -0.4 is 5.32 Å². The minimum atomic E-state index is -3.51. The average Bonchev–Trinajstić information content (AvgIpc) is 2.74. The van der Waals surface area contributed by atoms with Gasteiger partial charge in [0.05, 0.1) is 4.90 Å². The SMILES string of the molecule is CN(C)S(=O)(=O)c1ccc(C(=O)Nc2ccc(SCc3cccnc3)cc2)cc1. The Hall–Kier alpha value is -2.68. The van der Waals surface area contributed by atoms with E-state index in [4.69, 9.17) is 0 Å². The number of nitrogens with zero attached hydrogens (tertiary/aromatic N) is 2. The lowest BCUT2D eigenvalue weighted by Crippen LogP contribution is -2.22. The minimum absolute atomic E-state index is 0.147. The molecule has 3 aromatic rings. The first-order chi connectivity index (χ1) is 13.9. The van der Waals surface area contributed by atoms with Gasteiger partial charge in [0.2, 0.25) is 10.0 Å². The smallest absolute Gasteiger partial charge is 0.255 e. The molecule has 0 unspecified atom stereocenters. The lowest BCUT2D eigenvalue weighted by atomic mass is 10.2. The third-order valence-corrected chi connectivity index (χ3v) is 7.05. The van der Waals surface area contributed by atoms with Crippen molar-refractivity contribution in [2.75, 3.05) is 19.4 Å². The lowest BCUT2D eigenvalue weighted by Gasteiger charge is -2.11. The van der Waals surface area contributed by atoms with Crippen LogP contribution in [0.2, 0.25) is 0 Å². The van der Waals surface area contributed by atoms with E-state index in [1.807, 2.05) is 42.6 Å². The van der Waals surface area contributed by atoms with Gasteiger partial charge in [-0.05, 0) is 60.2 Å². The third-order valence-electron chi connectivity index (χ3n) is 4.14. The van der Waals surface area contributed by atoms with Crippen LogP contribution in [0.3, 0.4) is 0 Å². The second-order valence-corrected chi connectivity index (χ2v) is 9.64. The zero-order valence-corrected chi connectivity index (χ0v) is 17.7. The van der Waals surface area contributed by atoms with Crippen LogP contribution in [0.4, 0.5) is 5.69 Å². The highest BCUT2D eigenvalue weighted by molar-refractivity contribution is 7.98. The van der Waals surface area contributed by atoms with Crippen molar-refractivity contribution in [2.45, 2.75) is 15.5 Å². The molecule has 6 nitrogen and oxygen atoms in total. The summed E-state index contributed by atoms with van der Waals surface area (Å²) in [5, 5.41) is 2.82. The Morgan fingerprint density at radius 3 is 2.31 bits per heavy atom. The number of amides is 1. The van der Waals surface area contributed by atoms with Crippen molar-refractivity contribution in [1.29, 1.82) is 0 Å². The molecule has 1 amide bonds. The molecular formula is C21H21N3O3S2. The Morgan fingerprint density at radius 2 is 1.72 bits per heavy atom. The lowest BCUT2D eigenvalue weighted by molar-refractivity contribution is 0.102. The molecule has 29 heavy (non-hydrogen) atoms. The maximum atomic E-state index is 12.4. The molecule has 2 aromatic carbocycles. The normalized spacial score (nSPS) is 11.4. The van der Waals surface area contributed by atoms with Crippen molar-refractivity contribution in [1.82, 2.24) is 9.29 Å². The van der Waals surface area contributed by atoms with Crippen LogP contribution in [0.15, 0.2) is 82.8 Å². The van der Waals surface area contributed by atoms with Gasteiger partial charge in [-0.3, -0.25) is 9.78 Å². The van der Waals surface area contributed by atoms with Crippen LogP contribution in [0.25, 0.3) is 0 Å². The second-order valence-electron chi connectivity index (χ2n) is 6.44. The molecular weight excluding hydrogens is 406 g/mol. The minimum Gasteiger partial charge on any atom is -0.322 e. The molecule has 0 aliphatic rings. The number of hydrogen-bond acceptors (Lipinski definition) is 5. The topological polar surface area (TPSA) is 79.4 Å². The number of anilines is 1. The molecule has 8 heteroatoms. The number of sulfonamides is 1. The number of nitrogens with one attached hydrogen (secondary N) is 1. The molecule has 0 aliphatic heterocycles. The molecule has 0 aliphatic carbocycles. The number of benzene rings is 2. The number of thioether (sulfide) groups is 1. The Bertz CT molecular complexity index is 1070. The molecule has 0 saturated carbocycles. The van der Waals surface area contributed by atoms with Gasteiger partial charge in [0.15, 0.2) is 0 Å². The highest BCUT2D eigenvalue weighted by Gasteiger charge is 2.17. The van der Waals surface area contributed by atoms with Crippen LogP contribution >= 0.6 is 11.8 Å². The summed E-state index contributed by atoms with van der Waals surface area (Å²) in [6, 6.07) is 17.4. The maximum Gasteiger partial charge on any atom is 0.255 e. The molecule has 0 atom stereocenters. The fourth-order valence-electron chi connectivity index (χ4n) is 2.48. The van der Waals surface area contributed by atoms with Crippen molar-refractivity contribution in [3.8, 4) is 0 Å². The molecule has 0 radical (unpaired) electrons. The monoisotopic (exact) mass is 427 g/mol. The quantitative estimate of drug-likeness (QED) is 0.579. The zero-order chi connectivity index (χ0) is 20.9. The number of pyridine rings is 1. The summed E-state index contributed by atoms with van der Waals surface area (Å²) in [6.45, 7) is 0. The highest BCUT2D eigenvalue weighted by Crippen LogP contribution is 2.24. The van der Waals surface area contributed by atoms with E-state index in [1.165, 1.54) is 38.4 Å². The van der Waals surface area contributed by atoms with Gasteiger partial charge in [-0.1, -0.05) is 6.07 Å². The predicted molar refractivity (Wildman–Crippen MR) is 116 cm³/mol. The standard InChI is InChI=1S/C21H21N3O3S2/c1-24(2)29(26,27)20-11-5-17(6-12-20)21(25)23-18-7-9-19(10-8-18)28-15-16-4-3-13-22-14-16/h3-14H,15H2,1-2H3,(H,23,25). The van der Waals surface area contributed by atoms with Crippen LogP contribution in [0.1, 0.15) is 15.9 Å². The van der Waals surface area contributed by atoms with Gasteiger partial charge in [-0.25, -0.2) is 12.7 Å². The number of hydrogen-bond donors (Lipinski definition) is 1. The van der Waals surface area contributed by atoms with Gasteiger partial charge in [0.25, 0.3) is 5.91 Å². The molecule has 0 fully saturated rings.